The molecule has 0 aromatic heterocycles. The minimum Gasteiger partial charge on any atom is -0.446 e. The lowest BCUT2D eigenvalue weighted by atomic mass is 10.1. The van der Waals surface area contributed by atoms with E-state index in [9.17, 15) is 4.79 Å². The fourth-order valence-electron chi connectivity index (χ4n) is 1.05. The molecule has 0 aromatic carbocycles. The summed E-state index contributed by atoms with van der Waals surface area (Å²) in [4.78, 5) is 10.4. The predicted molar refractivity (Wildman–Crippen MR) is 48.8 cm³/mol. The molecule has 1 atom stereocenters. The Hall–Kier alpha value is -0.990. The Morgan fingerprint density at radius 2 is 2.33 bits per heavy atom. The summed E-state index contributed by atoms with van der Waals surface area (Å²) < 4.78 is 4.88. The highest BCUT2D eigenvalue weighted by atomic mass is 16.6. The normalized spacial score (nSPS) is 12.1. The highest BCUT2D eigenvalue weighted by molar-refractivity contribution is 5.64. The van der Waals surface area contributed by atoms with Gasteiger partial charge in [-0.15, -0.1) is 6.58 Å². The van der Waals surface area contributed by atoms with Gasteiger partial charge >= 0.3 is 6.09 Å². The second-order valence-corrected chi connectivity index (χ2v) is 2.71. The van der Waals surface area contributed by atoms with Crippen LogP contribution in [0.4, 0.5) is 4.79 Å². The molecule has 12 heavy (non-hydrogen) atoms. The molecule has 0 heterocycles. The molecule has 0 saturated carbocycles. The topological polar surface area (TPSA) is 52.3 Å². The molecule has 0 fully saturated rings. The molecule has 2 N–H and O–H groups in total. The van der Waals surface area contributed by atoms with Gasteiger partial charge in [-0.1, -0.05) is 19.4 Å². The Morgan fingerprint density at radius 1 is 1.67 bits per heavy atom. The van der Waals surface area contributed by atoms with Crippen molar-refractivity contribution in [2.24, 2.45) is 5.73 Å². The SMILES string of the molecule is C=CCCC(CCC)OC(N)=O. The Labute approximate surface area is 73.6 Å². The van der Waals surface area contributed by atoms with Crippen LogP contribution in [0.25, 0.3) is 0 Å². The van der Waals surface area contributed by atoms with Gasteiger partial charge in [0.15, 0.2) is 0 Å². The zero-order valence-electron chi connectivity index (χ0n) is 7.58. The smallest absolute Gasteiger partial charge is 0.404 e. The summed E-state index contributed by atoms with van der Waals surface area (Å²) in [6.07, 6.45) is 4.64. The lowest BCUT2D eigenvalue weighted by Crippen LogP contribution is -2.22. The Kier molecular flexibility index (Phi) is 6.15. The summed E-state index contributed by atoms with van der Waals surface area (Å²) in [5, 5.41) is 0. The predicted octanol–water partition coefficient (Wildman–Crippen LogP) is 2.22. The van der Waals surface area contributed by atoms with Crippen molar-refractivity contribution in [2.75, 3.05) is 0 Å². The average molecular weight is 171 g/mol. The first-order valence-electron chi connectivity index (χ1n) is 4.27. The summed E-state index contributed by atoms with van der Waals surface area (Å²) in [6.45, 7) is 5.65. The zero-order chi connectivity index (χ0) is 9.40. The number of carbonyl (C=O) groups excluding carboxylic acids is 1. The van der Waals surface area contributed by atoms with Gasteiger partial charge in [-0.05, 0) is 19.3 Å². The summed E-state index contributed by atoms with van der Waals surface area (Å²) in [7, 11) is 0. The molecular formula is C9H17NO2. The maximum atomic E-state index is 10.4. The second kappa shape index (κ2) is 6.70. The van der Waals surface area contributed by atoms with E-state index in [-0.39, 0.29) is 6.10 Å². The number of hydrogen-bond acceptors (Lipinski definition) is 2. The standard InChI is InChI=1S/C9H17NO2/c1-3-5-7-8(6-4-2)12-9(10)11/h3,8H,1,4-7H2,2H3,(H2,10,11). The Bertz CT molecular complexity index is 145. The molecule has 0 saturated heterocycles. The van der Waals surface area contributed by atoms with Crippen LogP contribution in [0.2, 0.25) is 0 Å². The molecule has 0 aromatic rings. The van der Waals surface area contributed by atoms with Gasteiger partial charge in [0, 0.05) is 0 Å². The Balaban J connectivity index is 3.68. The molecule has 1 unspecified atom stereocenters. The molecular weight excluding hydrogens is 154 g/mol. The molecule has 0 rings (SSSR count). The van der Waals surface area contributed by atoms with E-state index >= 15 is 0 Å². The van der Waals surface area contributed by atoms with Crippen molar-refractivity contribution in [3.05, 3.63) is 12.7 Å². The van der Waals surface area contributed by atoms with E-state index in [4.69, 9.17) is 10.5 Å². The van der Waals surface area contributed by atoms with Crippen molar-refractivity contribution in [2.45, 2.75) is 38.7 Å². The summed E-state index contributed by atoms with van der Waals surface area (Å²) in [5.74, 6) is 0. The van der Waals surface area contributed by atoms with E-state index in [1.165, 1.54) is 0 Å². The van der Waals surface area contributed by atoms with Gasteiger partial charge in [-0.2, -0.15) is 0 Å². The van der Waals surface area contributed by atoms with Crippen molar-refractivity contribution < 1.29 is 9.53 Å². The summed E-state index contributed by atoms with van der Waals surface area (Å²) >= 11 is 0. The number of ether oxygens (including phenoxy) is 1. The monoisotopic (exact) mass is 171 g/mol. The van der Waals surface area contributed by atoms with Gasteiger partial charge in [0.2, 0.25) is 0 Å². The van der Waals surface area contributed by atoms with Crippen LogP contribution in [0.3, 0.4) is 0 Å². The maximum Gasteiger partial charge on any atom is 0.404 e. The van der Waals surface area contributed by atoms with Crippen LogP contribution in [-0.2, 0) is 4.74 Å². The molecule has 70 valence electrons. The van der Waals surface area contributed by atoms with E-state index < -0.39 is 6.09 Å². The largest absolute Gasteiger partial charge is 0.446 e. The van der Waals surface area contributed by atoms with Gasteiger partial charge in [0.05, 0.1) is 0 Å². The van der Waals surface area contributed by atoms with Crippen LogP contribution in [0.1, 0.15) is 32.6 Å². The van der Waals surface area contributed by atoms with Gasteiger partial charge in [-0.25, -0.2) is 4.79 Å². The van der Waals surface area contributed by atoms with E-state index in [0.717, 1.165) is 25.7 Å². The lowest BCUT2D eigenvalue weighted by Gasteiger charge is -2.14. The number of primary amides is 1. The molecule has 0 spiro atoms. The van der Waals surface area contributed by atoms with E-state index in [2.05, 4.69) is 6.58 Å². The van der Waals surface area contributed by atoms with Crippen molar-refractivity contribution in [1.29, 1.82) is 0 Å². The average Bonchev–Trinajstić information content (AvgIpc) is 2.00. The van der Waals surface area contributed by atoms with Gasteiger partial charge < -0.3 is 10.5 Å². The van der Waals surface area contributed by atoms with Crippen molar-refractivity contribution in [1.82, 2.24) is 0 Å². The summed E-state index contributed by atoms with van der Waals surface area (Å²) in [6, 6.07) is 0. The minimum absolute atomic E-state index is 0.0366. The first kappa shape index (κ1) is 11.0. The fourth-order valence-corrected chi connectivity index (χ4v) is 1.05. The van der Waals surface area contributed by atoms with Gasteiger partial charge in [0.1, 0.15) is 6.10 Å². The van der Waals surface area contributed by atoms with Crippen molar-refractivity contribution in [3.8, 4) is 0 Å². The number of amides is 1. The van der Waals surface area contributed by atoms with Gasteiger partial charge in [0.25, 0.3) is 0 Å². The van der Waals surface area contributed by atoms with E-state index in [0.29, 0.717) is 0 Å². The molecule has 0 bridgehead atoms. The molecule has 3 heteroatoms. The number of nitrogens with two attached hydrogens (primary N) is 1. The fraction of sp³-hybridized carbons (Fsp3) is 0.667. The van der Waals surface area contributed by atoms with Crippen LogP contribution in [-0.4, -0.2) is 12.2 Å². The number of rotatable bonds is 6. The maximum absolute atomic E-state index is 10.4. The lowest BCUT2D eigenvalue weighted by molar-refractivity contribution is 0.0959. The van der Waals surface area contributed by atoms with Crippen LogP contribution >= 0.6 is 0 Å². The second-order valence-electron chi connectivity index (χ2n) is 2.71. The molecule has 0 aliphatic carbocycles. The first-order chi connectivity index (χ1) is 5.70. The number of allylic oxidation sites excluding steroid dienone is 1. The highest BCUT2D eigenvalue weighted by Gasteiger charge is 2.09. The van der Waals surface area contributed by atoms with Crippen molar-refractivity contribution >= 4 is 6.09 Å². The summed E-state index contributed by atoms with van der Waals surface area (Å²) in [5.41, 5.74) is 4.91. The van der Waals surface area contributed by atoms with Crippen LogP contribution in [0, 0.1) is 0 Å². The van der Waals surface area contributed by atoms with Crippen molar-refractivity contribution in [3.63, 3.8) is 0 Å². The van der Waals surface area contributed by atoms with E-state index in [1.807, 2.05) is 13.0 Å². The zero-order valence-corrected chi connectivity index (χ0v) is 7.58. The number of hydrogen-bond donors (Lipinski definition) is 1. The minimum atomic E-state index is -0.683. The van der Waals surface area contributed by atoms with E-state index in [1.54, 1.807) is 0 Å². The van der Waals surface area contributed by atoms with Gasteiger partial charge in [-0.3, -0.25) is 0 Å². The molecule has 3 nitrogen and oxygen atoms in total. The molecule has 0 aliphatic heterocycles. The first-order valence-corrected chi connectivity index (χ1v) is 4.27. The Morgan fingerprint density at radius 3 is 2.75 bits per heavy atom. The third-order valence-corrected chi connectivity index (χ3v) is 1.59. The molecule has 0 radical (unpaired) electrons. The third kappa shape index (κ3) is 5.77. The third-order valence-electron chi connectivity index (χ3n) is 1.59. The highest BCUT2D eigenvalue weighted by Crippen LogP contribution is 2.09. The van der Waals surface area contributed by atoms with Crippen LogP contribution in [0.15, 0.2) is 12.7 Å². The molecule has 0 aliphatic rings. The number of carbonyl (C=O) groups is 1. The van der Waals surface area contributed by atoms with Crippen LogP contribution < -0.4 is 5.73 Å². The van der Waals surface area contributed by atoms with Crippen LogP contribution in [0.5, 0.6) is 0 Å². The quantitative estimate of drug-likeness (QED) is 0.623. The molecule has 1 amide bonds.